The van der Waals surface area contributed by atoms with E-state index in [9.17, 15) is 9.59 Å². The summed E-state index contributed by atoms with van der Waals surface area (Å²) in [5.74, 6) is -0.558. The zero-order valence-corrected chi connectivity index (χ0v) is 17.6. The zero-order chi connectivity index (χ0) is 21.8. The fourth-order valence-electron chi connectivity index (χ4n) is 3.11. The summed E-state index contributed by atoms with van der Waals surface area (Å²) >= 11 is 12.2. The molecular weight excluding hydrogens is 435 g/mol. The molecule has 1 heterocycles. The molecule has 3 aromatic carbocycles. The number of rotatable bonds is 5. The van der Waals surface area contributed by atoms with Crippen molar-refractivity contribution in [3.8, 4) is 0 Å². The van der Waals surface area contributed by atoms with Gasteiger partial charge in [0.1, 0.15) is 0 Å². The van der Waals surface area contributed by atoms with Gasteiger partial charge in [-0.15, -0.1) is 0 Å². The Morgan fingerprint density at radius 3 is 2.29 bits per heavy atom. The van der Waals surface area contributed by atoms with E-state index in [1.165, 1.54) is 10.9 Å². The smallest absolute Gasteiger partial charge is 0.267 e. The van der Waals surface area contributed by atoms with Crippen LogP contribution in [0.3, 0.4) is 0 Å². The number of hydrogen-bond donors (Lipinski definition) is 1. The third-order valence-electron chi connectivity index (χ3n) is 4.62. The molecule has 0 radical (unpaired) electrons. The number of nitrogens with one attached hydrogen (secondary N) is 1. The lowest BCUT2D eigenvalue weighted by Crippen LogP contribution is -2.29. The van der Waals surface area contributed by atoms with Crippen molar-refractivity contribution in [2.24, 2.45) is 5.10 Å². The molecule has 8 heteroatoms. The molecule has 0 spiro atoms. The van der Waals surface area contributed by atoms with E-state index < -0.39 is 5.91 Å². The van der Waals surface area contributed by atoms with Gasteiger partial charge >= 0.3 is 0 Å². The normalized spacial score (nSPS) is 11.2. The number of halogens is 2. The summed E-state index contributed by atoms with van der Waals surface area (Å²) in [4.78, 5) is 25.8. The summed E-state index contributed by atoms with van der Waals surface area (Å²) in [5, 5.41) is 9.94. The van der Waals surface area contributed by atoms with Crippen LogP contribution in [0.25, 0.3) is 10.8 Å². The first kappa shape index (κ1) is 20.8. The van der Waals surface area contributed by atoms with Gasteiger partial charge in [0.25, 0.3) is 11.5 Å². The number of aromatic nitrogens is 2. The van der Waals surface area contributed by atoms with E-state index in [1.807, 2.05) is 30.3 Å². The van der Waals surface area contributed by atoms with Crippen LogP contribution in [0.1, 0.15) is 21.6 Å². The second kappa shape index (κ2) is 9.12. The van der Waals surface area contributed by atoms with Crippen LogP contribution in [0.5, 0.6) is 0 Å². The second-order valence-electron chi connectivity index (χ2n) is 6.68. The Balaban J connectivity index is 1.69. The lowest BCUT2D eigenvalue weighted by Gasteiger charge is -2.10. The largest absolute Gasteiger partial charge is 0.292 e. The highest BCUT2D eigenvalue weighted by Gasteiger charge is 2.16. The predicted octanol–water partition coefficient (Wildman–Crippen LogP) is 4.52. The lowest BCUT2D eigenvalue weighted by atomic mass is 10.1. The molecule has 0 bridgehead atoms. The van der Waals surface area contributed by atoms with Gasteiger partial charge in [0.15, 0.2) is 5.69 Å². The Morgan fingerprint density at radius 2 is 1.58 bits per heavy atom. The maximum absolute atomic E-state index is 12.9. The Bertz CT molecular complexity index is 1330. The molecular formula is C23H16Cl2N4O2. The van der Waals surface area contributed by atoms with Gasteiger partial charge in [-0.1, -0.05) is 77.8 Å². The summed E-state index contributed by atoms with van der Waals surface area (Å²) in [6, 6.07) is 21.3. The SMILES string of the molecule is O=C(NN=Cc1c(Cl)cccc1Cl)c1nn(Cc2ccccc2)c(=O)c2ccccc12. The Labute approximate surface area is 187 Å². The van der Waals surface area contributed by atoms with E-state index in [1.54, 1.807) is 42.5 Å². The minimum absolute atomic E-state index is 0.0912. The molecule has 0 aliphatic rings. The monoisotopic (exact) mass is 450 g/mol. The van der Waals surface area contributed by atoms with Crippen molar-refractivity contribution in [1.82, 2.24) is 15.2 Å². The van der Waals surface area contributed by atoms with Gasteiger partial charge in [0.05, 0.1) is 28.2 Å². The first-order valence-electron chi connectivity index (χ1n) is 9.36. The molecule has 1 N–H and O–H groups in total. The van der Waals surface area contributed by atoms with Gasteiger partial charge in [-0.3, -0.25) is 9.59 Å². The molecule has 0 fully saturated rings. The molecule has 1 amide bonds. The van der Waals surface area contributed by atoms with Gasteiger partial charge in [-0.05, 0) is 23.8 Å². The first-order valence-corrected chi connectivity index (χ1v) is 10.1. The lowest BCUT2D eigenvalue weighted by molar-refractivity contribution is 0.0949. The fourth-order valence-corrected chi connectivity index (χ4v) is 3.60. The highest BCUT2D eigenvalue weighted by molar-refractivity contribution is 6.38. The van der Waals surface area contributed by atoms with Crippen molar-refractivity contribution in [2.45, 2.75) is 6.54 Å². The van der Waals surface area contributed by atoms with E-state index >= 15 is 0 Å². The number of nitrogens with zero attached hydrogens (tertiary/aromatic N) is 3. The minimum Gasteiger partial charge on any atom is -0.267 e. The number of amides is 1. The fraction of sp³-hybridized carbons (Fsp3) is 0.0435. The molecule has 4 aromatic rings. The Morgan fingerprint density at radius 1 is 0.935 bits per heavy atom. The number of fused-ring (bicyclic) bond motifs is 1. The summed E-state index contributed by atoms with van der Waals surface area (Å²) < 4.78 is 1.28. The van der Waals surface area contributed by atoms with E-state index in [0.29, 0.717) is 26.4 Å². The predicted molar refractivity (Wildman–Crippen MR) is 123 cm³/mol. The van der Waals surface area contributed by atoms with Crippen molar-refractivity contribution >= 4 is 46.1 Å². The maximum atomic E-state index is 12.9. The van der Waals surface area contributed by atoms with Crippen molar-refractivity contribution < 1.29 is 4.79 Å². The molecule has 0 unspecified atom stereocenters. The summed E-state index contributed by atoms with van der Waals surface area (Å²) in [6.45, 7) is 0.239. The van der Waals surface area contributed by atoms with Gasteiger partial charge in [0.2, 0.25) is 0 Å². The molecule has 0 aliphatic carbocycles. The van der Waals surface area contributed by atoms with E-state index in [0.717, 1.165) is 5.56 Å². The van der Waals surface area contributed by atoms with Gasteiger partial charge in [0, 0.05) is 10.9 Å². The van der Waals surface area contributed by atoms with Crippen LogP contribution < -0.4 is 11.0 Å². The second-order valence-corrected chi connectivity index (χ2v) is 7.49. The summed E-state index contributed by atoms with van der Waals surface area (Å²) in [5.41, 5.74) is 3.63. The Hall–Kier alpha value is -3.48. The van der Waals surface area contributed by atoms with Crippen molar-refractivity contribution in [2.75, 3.05) is 0 Å². The molecule has 0 atom stereocenters. The molecule has 31 heavy (non-hydrogen) atoms. The highest BCUT2D eigenvalue weighted by Crippen LogP contribution is 2.22. The number of carbonyl (C=O) groups excluding carboxylic acids is 1. The van der Waals surface area contributed by atoms with Crippen LogP contribution in [0.15, 0.2) is 82.7 Å². The molecule has 6 nitrogen and oxygen atoms in total. The number of hydrogen-bond acceptors (Lipinski definition) is 4. The van der Waals surface area contributed by atoms with Gasteiger partial charge in [-0.2, -0.15) is 10.2 Å². The standard InChI is InChI=1S/C23H16Cl2N4O2/c24-19-11-6-12-20(25)18(19)13-26-27-22(30)21-16-9-4-5-10-17(16)23(31)29(28-21)14-15-7-2-1-3-8-15/h1-13H,14H2,(H,27,30). The average Bonchev–Trinajstić information content (AvgIpc) is 2.78. The van der Waals surface area contributed by atoms with Gasteiger partial charge in [-0.25, -0.2) is 10.1 Å². The zero-order valence-electron chi connectivity index (χ0n) is 16.1. The van der Waals surface area contributed by atoms with Crippen LogP contribution in [0, 0.1) is 0 Å². The highest BCUT2D eigenvalue weighted by atomic mass is 35.5. The van der Waals surface area contributed by atoms with Crippen LogP contribution in [-0.4, -0.2) is 21.9 Å². The van der Waals surface area contributed by atoms with Crippen molar-refractivity contribution in [1.29, 1.82) is 0 Å². The molecule has 154 valence electrons. The average molecular weight is 451 g/mol. The third-order valence-corrected chi connectivity index (χ3v) is 5.28. The van der Waals surface area contributed by atoms with E-state index in [2.05, 4.69) is 15.6 Å². The molecule has 1 aromatic heterocycles. The number of carbonyl (C=O) groups is 1. The topological polar surface area (TPSA) is 76.3 Å². The molecule has 0 aliphatic heterocycles. The van der Waals surface area contributed by atoms with Crippen LogP contribution in [-0.2, 0) is 6.54 Å². The van der Waals surface area contributed by atoms with Crippen LogP contribution >= 0.6 is 23.2 Å². The molecule has 4 rings (SSSR count). The summed E-state index contributed by atoms with van der Waals surface area (Å²) in [7, 11) is 0. The maximum Gasteiger partial charge on any atom is 0.292 e. The number of hydrazone groups is 1. The van der Waals surface area contributed by atoms with E-state index in [-0.39, 0.29) is 17.8 Å². The third kappa shape index (κ3) is 4.50. The van der Waals surface area contributed by atoms with Crippen molar-refractivity contribution in [3.05, 3.63) is 110 Å². The summed E-state index contributed by atoms with van der Waals surface area (Å²) in [6.07, 6.45) is 1.37. The first-order chi connectivity index (χ1) is 15.0. The van der Waals surface area contributed by atoms with Gasteiger partial charge < -0.3 is 0 Å². The van der Waals surface area contributed by atoms with E-state index in [4.69, 9.17) is 23.2 Å². The quantitative estimate of drug-likeness (QED) is 0.358. The molecule has 0 saturated heterocycles. The van der Waals surface area contributed by atoms with Crippen LogP contribution in [0.2, 0.25) is 10.0 Å². The van der Waals surface area contributed by atoms with Crippen LogP contribution in [0.4, 0.5) is 0 Å². The minimum atomic E-state index is -0.558. The van der Waals surface area contributed by atoms with Crippen molar-refractivity contribution in [3.63, 3.8) is 0 Å². The molecule has 0 saturated carbocycles. The Kier molecular flexibility index (Phi) is 6.11. The number of benzene rings is 3.